The highest BCUT2D eigenvalue weighted by atomic mass is 127. The molecule has 13 heavy (non-hydrogen) atoms. The van der Waals surface area contributed by atoms with Gasteiger partial charge in [0.2, 0.25) is 0 Å². The smallest absolute Gasteiger partial charge is 0.0565 e. The van der Waals surface area contributed by atoms with Crippen molar-refractivity contribution in [2.45, 2.75) is 24.7 Å². The average molecular weight is 286 g/mol. The van der Waals surface area contributed by atoms with Crippen LogP contribution in [0.1, 0.15) is 27.5 Å². The summed E-state index contributed by atoms with van der Waals surface area (Å²) < 4.78 is 0.442. The van der Waals surface area contributed by atoms with Crippen molar-refractivity contribution < 1.29 is 0 Å². The first-order chi connectivity index (χ1) is 6.02. The summed E-state index contributed by atoms with van der Waals surface area (Å²) in [5.74, 6) is 0. The molecule has 0 heterocycles. The lowest BCUT2D eigenvalue weighted by atomic mass is 10.00. The Morgan fingerprint density at radius 1 is 1.38 bits per heavy atom. The third kappa shape index (κ3) is 2.56. The third-order valence-corrected chi connectivity index (χ3v) is 3.87. The van der Waals surface area contributed by atoms with Gasteiger partial charge in [0, 0.05) is 0 Å². The summed E-state index contributed by atoms with van der Waals surface area (Å²) in [6.07, 6.45) is 0. The van der Waals surface area contributed by atoms with Gasteiger partial charge in [0.15, 0.2) is 0 Å². The number of allylic oxidation sites excluding steroid dienone is 1. The Labute approximate surface area is 94.2 Å². The van der Waals surface area contributed by atoms with Gasteiger partial charge in [-0.1, -0.05) is 58.5 Å². The Bertz CT molecular complexity index is 326. The molecule has 0 aliphatic heterocycles. The summed E-state index contributed by atoms with van der Waals surface area (Å²) in [7, 11) is 0. The van der Waals surface area contributed by atoms with Crippen LogP contribution in [-0.4, -0.2) is 0 Å². The quantitative estimate of drug-likeness (QED) is 0.430. The van der Waals surface area contributed by atoms with Crippen LogP contribution in [0.5, 0.6) is 0 Å². The Morgan fingerprint density at radius 2 is 2.00 bits per heavy atom. The van der Waals surface area contributed by atoms with E-state index in [4.69, 9.17) is 0 Å². The second-order valence-electron chi connectivity index (χ2n) is 3.57. The maximum Gasteiger partial charge on any atom is 0.0565 e. The van der Waals surface area contributed by atoms with Gasteiger partial charge in [-0.25, -0.2) is 0 Å². The number of hydrogen-bond acceptors (Lipinski definition) is 0. The molecule has 1 heteroatoms. The monoisotopic (exact) mass is 286 g/mol. The molecule has 70 valence electrons. The molecule has 0 saturated carbocycles. The summed E-state index contributed by atoms with van der Waals surface area (Å²) in [5, 5.41) is 0. The molecule has 1 rings (SSSR count). The van der Waals surface area contributed by atoms with Gasteiger partial charge in [-0.3, -0.25) is 0 Å². The van der Waals surface area contributed by atoms with Crippen LogP contribution in [0.2, 0.25) is 0 Å². The Kier molecular flexibility index (Phi) is 3.54. The molecule has 0 aliphatic carbocycles. The van der Waals surface area contributed by atoms with Gasteiger partial charge in [-0.2, -0.15) is 0 Å². The fourth-order valence-corrected chi connectivity index (χ4v) is 1.97. The number of alkyl halides is 1. The number of hydrogen-bond donors (Lipinski definition) is 0. The Morgan fingerprint density at radius 3 is 2.54 bits per heavy atom. The van der Waals surface area contributed by atoms with E-state index < -0.39 is 0 Å². The zero-order chi connectivity index (χ0) is 10.0. The van der Waals surface area contributed by atoms with Crippen molar-refractivity contribution in [2.24, 2.45) is 0 Å². The van der Waals surface area contributed by atoms with Crippen LogP contribution >= 0.6 is 22.6 Å². The molecule has 0 amide bonds. The van der Waals surface area contributed by atoms with Crippen molar-refractivity contribution in [3.8, 4) is 0 Å². The molecule has 0 fully saturated rings. The first-order valence-corrected chi connectivity index (χ1v) is 5.63. The van der Waals surface area contributed by atoms with E-state index in [9.17, 15) is 0 Å². The Balaban J connectivity index is 3.12. The van der Waals surface area contributed by atoms with Crippen LogP contribution in [0, 0.1) is 13.8 Å². The van der Waals surface area contributed by atoms with E-state index in [1.165, 1.54) is 22.3 Å². The minimum absolute atomic E-state index is 0.442. The van der Waals surface area contributed by atoms with Gasteiger partial charge in [-0.15, -0.1) is 0 Å². The predicted octanol–water partition coefficient (Wildman–Crippen LogP) is 4.36. The van der Waals surface area contributed by atoms with Crippen molar-refractivity contribution in [2.75, 3.05) is 0 Å². The van der Waals surface area contributed by atoms with E-state index in [1.54, 1.807) is 0 Å². The van der Waals surface area contributed by atoms with Crippen LogP contribution in [0.15, 0.2) is 30.4 Å². The minimum Gasteiger partial charge on any atom is -0.0988 e. The standard InChI is InChI=1S/C12H15I/c1-8(2)12(13)11-7-9(3)5-6-10(11)4/h5-7,12H,1H2,2-4H3. The van der Waals surface area contributed by atoms with Crippen LogP contribution in [0.3, 0.4) is 0 Å². The van der Waals surface area contributed by atoms with Gasteiger partial charge >= 0.3 is 0 Å². The molecule has 0 bridgehead atoms. The maximum absolute atomic E-state index is 3.99. The van der Waals surface area contributed by atoms with Crippen molar-refractivity contribution >= 4 is 22.6 Å². The highest BCUT2D eigenvalue weighted by molar-refractivity contribution is 14.1. The maximum atomic E-state index is 3.99. The third-order valence-electron chi connectivity index (χ3n) is 2.14. The minimum atomic E-state index is 0.442. The highest BCUT2D eigenvalue weighted by Gasteiger charge is 2.10. The van der Waals surface area contributed by atoms with Gasteiger partial charge in [-0.05, 0) is 31.9 Å². The summed E-state index contributed by atoms with van der Waals surface area (Å²) in [6, 6.07) is 6.58. The molecule has 0 aliphatic rings. The van der Waals surface area contributed by atoms with Crippen molar-refractivity contribution in [1.82, 2.24) is 0 Å². The molecular formula is C12H15I. The lowest BCUT2D eigenvalue weighted by molar-refractivity contribution is 1.12. The van der Waals surface area contributed by atoms with E-state index in [2.05, 4.69) is 68.1 Å². The molecule has 1 aromatic carbocycles. The molecule has 0 nitrogen and oxygen atoms in total. The first kappa shape index (κ1) is 10.8. The van der Waals surface area contributed by atoms with E-state index in [0.29, 0.717) is 3.92 Å². The number of aryl methyl sites for hydroxylation is 2. The zero-order valence-electron chi connectivity index (χ0n) is 8.39. The second-order valence-corrected chi connectivity index (χ2v) is 4.81. The summed E-state index contributed by atoms with van der Waals surface area (Å²) >= 11 is 2.44. The number of rotatable bonds is 2. The van der Waals surface area contributed by atoms with Crippen molar-refractivity contribution in [1.29, 1.82) is 0 Å². The number of benzene rings is 1. The lowest BCUT2D eigenvalue weighted by Gasteiger charge is -2.13. The van der Waals surface area contributed by atoms with Gasteiger partial charge in [0.05, 0.1) is 3.92 Å². The van der Waals surface area contributed by atoms with E-state index in [1.807, 2.05) is 0 Å². The van der Waals surface area contributed by atoms with E-state index in [0.717, 1.165) is 0 Å². The zero-order valence-corrected chi connectivity index (χ0v) is 10.6. The predicted molar refractivity (Wildman–Crippen MR) is 67.5 cm³/mol. The largest absolute Gasteiger partial charge is 0.0988 e. The van der Waals surface area contributed by atoms with Crippen LogP contribution in [0.25, 0.3) is 0 Å². The van der Waals surface area contributed by atoms with Crippen LogP contribution in [-0.2, 0) is 0 Å². The normalized spacial score (nSPS) is 12.6. The van der Waals surface area contributed by atoms with Crippen molar-refractivity contribution in [3.63, 3.8) is 0 Å². The topological polar surface area (TPSA) is 0 Å². The second kappa shape index (κ2) is 4.27. The molecule has 0 spiro atoms. The molecule has 1 unspecified atom stereocenters. The molecule has 0 N–H and O–H groups in total. The summed E-state index contributed by atoms with van der Waals surface area (Å²) in [4.78, 5) is 0. The fourth-order valence-electron chi connectivity index (χ4n) is 1.30. The fraction of sp³-hybridized carbons (Fsp3) is 0.333. The summed E-state index contributed by atoms with van der Waals surface area (Å²) in [6.45, 7) is 10.4. The number of halogens is 1. The van der Waals surface area contributed by atoms with Crippen molar-refractivity contribution in [3.05, 3.63) is 47.0 Å². The molecule has 0 aromatic heterocycles. The molecule has 0 saturated heterocycles. The van der Waals surface area contributed by atoms with E-state index >= 15 is 0 Å². The molecular weight excluding hydrogens is 271 g/mol. The van der Waals surface area contributed by atoms with Crippen LogP contribution in [0.4, 0.5) is 0 Å². The Hall–Kier alpha value is -0.310. The van der Waals surface area contributed by atoms with Gasteiger partial charge in [0.25, 0.3) is 0 Å². The average Bonchev–Trinajstić information content (AvgIpc) is 2.08. The molecule has 0 radical (unpaired) electrons. The highest BCUT2D eigenvalue weighted by Crippen LogP contribution is 2.32. The SMILES string of the molecule is C=C(C)C(I)c1cc(C)ccc1C. The molecule has 1 atom stereocenters. The first-order valence-electron chi connectivity index (χ1n) is 4.39. The van der Waals surface area contributed by atoms with E-state index in [-0.39, 0.29) is 0 Å². The van der Waals surface area contributed by atoms with Crippen LogP contribution < -0.4 is 0 Å². The van der Waals surface area contributed by atoms with Gasteiger partial charge in [0.1, 0.15) is 0 Å². The summed E-state index contributed by atoms with van der Waals surface area (Å²) in [5.41, 5.74) is 5.29. The lowest BCUT2D eigenvalue weighted by Crippen LogP contribution is -1.94. The van der Waals surface area contributed by atoms with Gasteiger partial charge < -0.3 is 0 Å². The molecule has 1 aromatic rings.